The molecule has 1 amide bonds. The summed E-state index contributed by atoms with van der Waals surface area (Å²) in [6, 6.07) is 3.35. The van der Waals surface area contributed by atoms with E-state index in [0.717, 1.165) is 16.7 Å². The Labute approximate surface area is 251 Å². The zero-order chi connectivity index (χ0) is 31.4. The first kappa shape index (κ1) is 30.4. The number of ether oxygens (including phenoxy) is 2. The van der Waals surface area contributed by atoms with E-state index in [4.69, 9.17) is 14.5 Å². The Kier molecular flexibility index (Phi) is 7.73. The molecule has 0 N–H and O–H groups in total. The van der Waals surface area contributed by atoms with Gasteiger partial charge >= 0.3 is 12.2 Å². The second kappa shape index (κ2) is 10.9. The van der Waals surface area contributed by atoms with Crippen molar-refractivity contribution in [2.75, 3.05) is 13.1 Å². The van der Waals surface area contributed by atoms with Gasteiger partial charge in [-0.25, -0.2) is 33.0 Å². The van der Waals surface area contributed by atoms with Crippen molar-refractivity contribution in [3.05, 3.63) is 47.3 Å². The zero-order valence-corrected chi connectivity index (χ0v) is 26.5. The number of hydrogen-bond acceptors (Lipinski definition) is 7. The summed E-state index contributed by atoms with van der Waals surface area (Å²) in [6.07, 6.45) is 3.42. The third-order valence-electron chi connectivity index (χ3n) is 7.48. The monoisotopic (exact) mass is 592 g/mol. The number of carbonyl (C=O) groups is 2. The SMILES string of the molecule is Cc1cc(-c2c(C(C)C)c3nc(C4CCN(C(=O)OC(C)(C)C)CC4)c(F)cc3n2C(=O)OC(C)(C)C)cn2ncnc12. The van der Waals surface area contributed by atoms with Gasteiger partial charge < -0.3 is 14.4 Å². The number of carbonyl (C=O) groups excluding carboxylic acids is 2. The fraction of sp³-hybridized carbons (Fsp3) is 0.531. The molecule has 1 fully saturated rings. The molecule has 1 aliphatic heterocycles. The number of halogens is 1. The number of rotatable bonds is 3. The highest BCUT2D eigenvalue weighted by molar-refractivity contribution is 5.98. The molecule has 4 aromatic heterocycles. The Morgan fingerprint density at radius 2 is 1.63 bits per heavy atom. The van der Waals surface area contributed by atoms with E-state index >= 15 is 4.39 Å². The predicted octanol–water partition coefficient (Wildman–Crippen LogP) is 7.21. The van der Waals surface area contributed by atoms with E-state index in [2.05, 4.69) is 10.1 Å². The number of aryl methyl sites for hydroxylation is 1. The molecule has 0 bridgehead atoms. The van der Waals surface area contributed by atoms with Gasteiger partial charge in [0.2, 0.25) is 0 Å². The molecule has 0 unspecified atom stereocenters. The van der Waals surface area contributed by atoms with Crippen LogP contribution in [-0.4, -0.2) is 65.5 Å². The van der Waals surface area contributed by atoms with Crippen molar-refractivity contribution in [2.45, 2.75) is 98.2 Å². The molecule has 230 valence electrons. The molecule has 1 saturated heterocycles. The van der Waals surface area contributed by atoms with E-state index in [0.29, 0.717) is 54.0 Å². The standard InChI is InChI=1S/C32H41FN6O4/c1-18(2)24-26-23(15-22(33)25(36-26)20-10-12-37(13-11-20)29(40)42-31(4,5)6)39(30(41)43-32(7,8)9)27(24)21-14-19(3)28-34-17-35-38(28)16-21/h14-18,20H,10-13H2,1-9H3. The Bertz CT molecular complexity index is 1700. The van der Waals surface area contributed by atoms with Gasteiger partial charge in [-0.2, -0.15) is 5.10 Å². The Morgan fingerprint density at radius 3 is 2.23 bits per heavy atom. The van der Waals surface area contributed by atoms with E-state index in [9.17, 15) is 9.59 Å². The van der Waals surface area contributed by atoms with Crippen LogP contribution in [0.5, 0.6) is 0 Å². The normalized spacial score (nSPS) is 15.1. The molecule has 43 heavy (non-hydrogen) atoms. The summed E-state index contributed by atoms with van der Waals surface area (Å²) in [5.41, 5.74) is 3.58. The summed E-state index contributed by atoms with van der Waals surface area (Å²) in [5.74, 6) is -0.742. The predicted molar refractivity (Wildman–Crippen MR) is 162 cm³/mol. The van der Waals surface area contributed by atoms with Gasteiger partial charge in [-0.3, -0.25) is 0 Å². The van der Waals surface area contributed by atoms with E-state index in [1.54, 1.807) is 30.2 Å². The van der Waals surface area contributed by atoms with Crippen LogP contribution in [0.4, 0.5) is 14.0 Å². The van der Waals surface area contributed by atoms with Gasteiger partial charge in [-0.05, 0) is 78.9 Å². The van der Waals surface area contributed by atoms with Gasteiger partial charge in [0, 0.05) is 42.4 Å². The molecular weight excluding hydrogens is 551 g/mol. The maximum absolute atomic E-state index is 16.0. The summed E-state index contributed by atoms with van der Waals surface area (Å²) in [6.45, 7) is 17.8. The molecule has 0 spiro atoms. The van der Waals surface area contributed by atoms with Crippen LogP contribution in [0.25, 0.3) is 27.9 Å². The molecule has 0 radical (unpaired) electrons. The highest BCUT2D eigenvalue weighted by Gasteiger charge is 2.33. The molecular formula is C32H41FN6O4. The second-order valence-electron chi connectivity index (χ2n) is 13.6. The lowest BCUT2D eigenvalue weighted by Gasteiger charge is -2.33. The van der Waals surface area contributed by atoms with Gasteiger partial charge in [-0.15, -0.1) is 0 Å². The first-order chi connectivity index (χ1) is 20.0. The molecule has 0 aromatic carbocycles. The first-order valence-electron chi connectivity index (χ1n) is 14.8. The number of aromatic nitrogens is 5. The Morgan fingerprint density at radius 1 is 1.00 bits per heavy atom. The number of fused-ring (bicyclic) bond motifs is 2. The number of hydrogen-bond donors (Lipinski definition) is 0. The van der Waals surface area contributed by atoms with Crippen molar-refractivity contribution in [1.29, 1.82) is 0 Å². The zero-order valence-electron chi connectivity index (χ0n) is 26.5. The van der Waals surface area contributed by atoms with Crippen LogP contribution in [0.2, 0.25) is 0 Å². The van der Waals surface area contributed by atoms with Gasteiger partial charge in [0.1, 0.15) is 23.3 Å². The lowest BCUT2D eigenvalue weighted by Crippen LogP contribution is -2.41. The summed E-state index contributed by atoms with van der Waals surface area (Å²) in [4.78, 5) is 37.3. The van der Waals surface area contributed by atoms with Gasteiger partial charge in [0.15, 0.2) is 5.65 Å². The van der Waals surface area contributed by atoms with E-state index in [1.165, 1.54) is 17.0 Å². The molecule has 5 rings (SSSR count). The highest BCUT2D eigenvalue weighted by Crippen LogP contribution is 2.41. The third kappa shape index (κ3) is 6.07. The average molecular weight is 593 g/mol. The van der Waals surface area contributed by atoms with Gasteiger partial charge in [0.05, 0.1) is 22.4 Å². The fourth-order valence-corrected chi connectivity index (χ4v) is 5.72. The number of pyridine rings is 2. The van der Waals surface area contributed by atoms with Gasteiger partial charge in [0.25, 0.3) is 0 Å². The van der Waals surface area contributed by atoms with E-state index < -0.39 is 23.1 Å². The Hall–Kier alpha value is -4.02. The first-order valence-corrected chi connectivity index (χ1v) is 14.8. The molecule has 0 saturated carbocycles. The largest absolute Gasteiger partial charge is 0.444 e. The molecule has 0 aliphatic carbocycles. The molecule has 5 heterocycles. The van der Waals surface area contributed by atoms with Crippen LogP contribution in [0.15, 0.2) is 24.7 Å². The molecule has 0 atom stereocenters. The molecule has 1 aliphatic rings. The lowest BCUT2D eigenvalue weighted by molar-refractivity contribution is 0.0203. The summed E-state index contributed by atoms with van der Waals surface area (Å²) in [7, 11) is 0. The topological polar surface area (TPSA) is 104 Å². The smallest absolute Gasteiger partial charge is 0.419 e. The minimum atomic E-state index is -0.775. The van der Waals surface area contributed by atoms with Crippen LogP contribution < -0.4 is 0 Å². The van der Waals surface area contributed by atoms with Crippen LogP contribution >= 0.6 is 0 Å². The fourth-order valence-electron chi connectivity index (χ4n) is 5.72. The summed E-state index contributed by atoms with van der Waals surface area (Å²) < 4.78 is 30.5. The maximum Gasteiger partial charge on any atom is 0.419 e. The van der Waals surface area contributed by atoms with Crippen molar-refractivity contribution in [1.82, 2.24) is 29.0 Å². The van der Waals surface area contributed by atoms with Crippen molar-refractivity contribution >= 4 is 28.9 Å². The van der Waals surface area contributed by atoms with Gasteiger partial charge in [-0.1, -0.05) is 13.8 Å². The van der Waals surface area contributed by atoms with Crippen LogP contribution in [0, 0.1) is 12.7 Å². The lowest BCUT2D eigenvalue weighted by atomic mass is 9.92. The third-order valence-corrected chi connectivity index (χ3v) is 7.48. The maximum atomic E-state index is 16.0. The van der Waals surface area contributed by atoms with Crippen LogP contribution in [0.1, 0.15) is 96.9 Å². The van der Waals surface area contributed by atoms with Crippen molar-refractivity contribution in [2.24, 2.45) is 0 Å². The Balaban J connectivity index is 1.64. The number of amides is 1. The van der Waals surface area contributed by atoms with Crippen molar-refractivity contribution in [3.8, 4) is 11.3 Å². The van der Waals surface area contributed by atoms with Crippen LogP contribution in [0.3, 0.4) is 0 Å². The summed E-state index contributed by atoms with van der Waals surface area (Å²) in [5, 5.41) is 4.32. The van der Waals surface area contributed by atoms with E-state index in [-0.39, 0.29) is 17.9 Å². The molecule has 10 nitrogen and oxygen atoms in total. The summed E-state index contributed by atoms with van der Waals surface area (Å²) >= 11 is 0. The number of likely N-dealkylation sites (tertiary alicyclic amines) is 1. The van der Waals surface area contributed by atoms with Crippen molar-refractivity contribution < 1.29 is 23.5 Å². The minimum Gasteiger partial charge on any atom is -0.444 e. The molecule has 4 aromatic rings. The second-order valence-corrected chi connectivity index (χ2v) is 13.6. The number of piperidine rings is 1. The highest BCUT2D eigenvalue weighted by atomic mass is 19.1. The van der Waals surface area contributed by atoms with Crippen molar-refractivity contribution in [3.63, 3.8) is 0 Å². The number of nitrogens with zero attached hydrogens (tertiary/aromatic N) is 6. The van der Waals surface area contributed by atoms with E-state index in [1.807, 2.05) is 53.8 Å². The quantitative estimate of drug-likeness (QED) is 0.247. The molecule has 11 heteroatoms. The average Bonchev–Trinajstić information content (AvgIpc) is 3.49. The minimum absolute atomic E-state index is 0.0623. The van der Waals surface area contributed by atoms with Crippen LogP contribution in [-0.2, 0) is 9.47 Å².